The van der Waals surface area contributed by atoms with Crippen molar-refractivity contribution in [3.63, 3.8) is 0 Å². The van der Waals surface area contributed by atoms with Gasteiger partial charge < -0.3 is 10.3 Å². The Morgan fingerprint density at radius 3 is 2.59 bits per heavy atom. The molecule has 0 bridgehead atoms. The molecule has 4 heteroatoms. The van der Waals surface area contributed by atoms with E-state index in [1.807, 2.05) is 36.4 Å². The Kier molecular flexibility index (Phi) is 4.63. The number of primary amides is 1. The van der Waals surface area contributed by atoms with Crippen LogP contribution in [0.5, 0.6) is 0 Å². The zero-order chi connectivity index (χ0) is 19.0. The minimum atomic E-state index is -0.407. The summed E-state index contributed by atoms with van der Waals surface area (Å²) in [6.45, 7) is 2.81. The lowest BCUT2D eigenvalue weighted by Gasteiger charge is -2.10. The Bertz CT molecular complexity index is 1160. The number of hydrogen-bond acceptors (Lipinski definition) is 1. The molecule has 3 nitrogen and oxygen atoms in total. The summed E-state index contributed by atoms with van der Waals surface area (Å²) in [5, 5.41) is 2.70. The molecular weight excluding hydrogens is 356 g/mol. The number of hydrogen-bond donors (Lipinski definition) is 1. The van der Waals surface area contributed by atoms with E-state index in [0.29, 0.717) is 12.1 Å². The highest BCUT2D eigenvalue weighted by molar-refractivity contribution is 6.31. The summed E-state index contributed by atoms with van der Waals surface area (Å²) in [5.74, 6) is -0.407. The Hall–Kier alpha value is -2.78. The van der Waals surface area contributed by atoms with Gasteiger partial charge in [-0.25, -0.2) is 0 Å². The van der Waals surface area contributed by atoms with Crippen LogP contribution in [0.3, 0.4) is 0 Å². The molecule has 0 radical (unpaired) electrons. The van der Waals surface area contributed by atoms with Crippen LogP contribution in [0.4, 0.5) is 0 Å². The van der Waals surface area contributed by atoms with Gasteiger partial charge in [-0.05, 0) is 41.8 Å². The van der Waals surface area contributed by atoms with Crippen LogP contribution in [0.1, 0.15) is 34.8 Å². The van der Waals surface area contributed by atoms with Crippen molar-refractivity contribution in [1.82, 2.24) is 4.57 Å². The molecule has 0 saturated heterocycles. The normalized spacial score (nSPS) is 11.3. The molecule has 0 unspecified atom stereocenters. The highest BCUT2D eigenvalue weighted by Gasteiger charge is 2.17. The number of benzene rings is 3. The van der Waals surface area contributed by atoms with Crippen LogP contribution in [-0.2, 0) is 13.0 Å². The van der Waals surface area contributed by atoms with Crippen molar-refractivity contribution in [1.29, 1.82) is 0 Å². The third-order valence-corrected chi connectivity index (χ3v) is 5.41. The number of carbonyl (C=O) groups excluding carboxylic acids is 1. The average Bonchev–Trinajstić information content (AvgIpc) is 2.97. The largest absolute Gasteiger partial charge is 0.366 e. The van der Waals surface area contributed by atoms with Crippen LogP contribution in [0.25, 0.3) is 21.8 Å². The van der Waals surface area contributed by atoms with E-state index in [0.717, 1.165) is 45.2 Å². The molecule has 0 aliphatic rings. The molecule has 4 rings (SSSR count). The van der Waals surface area contributed by atoms with Crippen LogP contribution < -0.4 is 5.73 Å². The SMILES string of the molecule is CCCc1ccc2c3c(C(N)=O)cccc3n(Cc3ccccc3Cl)c2c1. The third-order valence-electron chi connectivity index (χ3n) is 5.05. The van der Waals surface area contributed by atoms with Gasteiger partial charge in [-0.15, -0.1) is 0 Å². The summed E-state index contributed by atoms with van der Waals surface area (Å²) in [6, 6.07) is 20.1. The number of fused-ring (bicyclic) bond motifs is 3. The van der Waals surface area contributed by atoms with Crippen molar-refractivity contribution in [2.75, 3.05) is 0 Å². The molecular formula is C23H21ClN2O. The standard InChI is InChI=1S/C23H21ClN2O/c1-2-6-15-11-12-17-21(13-15)26(14-16-7-3-4-9-19(16)24)20-10-5-8-18(22(17)20)23(25)27/h3-5,7-13H,2,6,14H2,1H3,(H2,25,27). The van der Waals surface area contributed by atoms with Crippen molar-refractivity contribution < 1.29 is 4.79 Å². The maximum absolute atomic E-state index is 12.0. The van der Waals surface area contributed by atoms with Gasteiger partial charge in [0.25, 0.3) is 0 Å². The second kappa shape index (κ2) is 7.09. The molecule has 2 N–H and O–H groups in total. The minimum absolute atomic E-state index is 0.407. The molecule has 0 fully saturated rings. The molecule has 1 aromatic heterocycles. The Balaban J connectivity index is 2.04. The third kappa shape index (κ3) is 3.08. The molecule has 27 heavy (non-hydrogen) atoms. The first-order chi connectivity index (χ1) is 13.1. The highest BCUT2D eigenvalue weighted by Crippen LogP contribution is 2.33. The zero-order valence-corrected chi connectivity index (χ0v) is 16.0. The minimum Gasteiger partial charge on any atom is -0.366 e. The van der Waals surface area contributed by atoms with Crippen molar-refractivity contribution in [3.05, 3.63) is 82.4 Å². The summed E-state index contributed by atoms with van der Waals surface area (Å²) >= 11 is 6.42. The summed E-state index contributed by atoms with van der Waals surface area (Å²) < 4.78 is 2.23. The number of aryl methyl sites for hydroxylation is 1. The average molecular weight is 377 g/mol. The maximum Gasteiger partial charge on any atom is 0.249 e. The fourth-order valence-electron chi connectivity index (χ4n) is 3.81. The van der Waals surface area contributed by atoms with E-state index < -0.39 is 5.91 Å². The molecule has 136 valence electrons. The van der Waals surface area contributed by atoms with E-state index in [4.69, 9.17) is 17.3 Å². The van der Waals surface area contributed by atoms with Crippen LogP contribution in [0.15, 0.2) is 60.7 Å². The van der Waals surface area contributed by atoms with Crippen molar-refractivity contribution in [2.45, 2.75) is 26.3 Å². The first kappa shape index (κ1) is 17.6. The van der Waals surface area contributed by atoms with Crippen LogP contribution in [-0.4, -0.2) is 10.5 Å². The first-order valence-electron chi connectivity index (χ1n) is 9.17. The second-order valence-corrected chi connectivity index (χ2v) is 7.25. The molecule has 3 aromatic carbocycles. The number of carbonyl (C=O) groups is 1. The smallest absolute Gasteiger partial charge is 0.249 e. The van der Waals surface area contributed by atoms with E-state index >= 15 is 0 Å². The fraction of sp³-hybridized carbons (Fsp3) is 0.174. The molecule has 0 atom stereocenters. The highest BCUT2D eigenvalue weighted by atomic mass is 35.5. The van der Waals surface area contributed by atoms with Crippen LogP contribution >= 0.6 is 11.6 Å². The Morgan fingerprint density at radius 2 is 1.85 bits per heavy atom. The molecule has 1 amide bonds. The predicted molar refractivity (Wildman–Crippen MR) is 113 cm³/mol. The van der Waals surface area contributed by atoms with Gasteiger partial charge in [0.2, 0.25) is 5.91 Å². The van der Waals surface area contributed by atoms with Gasteiger partial charge in [0, 0.05) is 33.4 Å². The topological polar surface area (TPSA) is 48.0 Å². The lowest BCUT2D eigenvalue weighted by atomic mass is 10.0. The fourth-order valence-corrected chi connectivity index (χ4v) is 4.00. The predicted octanol–water partition coefficient (Wildman–Crippen LogP) is 5.55. The number of amides is 1. The molecule has 0 spiro atoms. The number of aromatic nitrogens is 1. The Labute approximate surface area is 163 Å². The maximum atomic E-state index is 12.0. The lowest BCUT2D eigenvalue weighted by Crippen LogP contribution is -2.11. The summed E-state index contributed by atoms with van der Waals surface area (Å²) in [4.78, 5) is 12.0. The van der Waals surface area contributed by atoms with Gasteiger partial charge >= 0.3 is 0 Å². The summed E-state index contributed by atoms with van der Waals surface area (Å²) in [7, 11) is 0. The van der Waals surface area contributed by atoms with E-state index in [1.54, 1.807) is 6.07 Å². The molecule has 0 aliphatic heterocycles. The van der Waals surface area contributed by atoms with Gasteiger partial charge in [-0.1, -0.05) is 61.3 Å². The van der Waals surface area contributed by atoms with Gasteiger partial charge in [0.05, 0.1) is 5.52 Å². The molecule has 0 aliphatic carbocycles. The lowest BCUT2D eigenvalue weighted by molar-refractivity contribution is 0.100. The summed E-state index contributed by atoms with van der Waals surface area (Å²) in [5.41, 5.74) is 10.6. The summed E-state index contributed by atoms with van der Waals surface area (Å²) in [6.07, 6.45) is 2.11. The van der Waals surface area contributed by atoms with E-state index in [-0.39, 0.29) is 0 Å². The van der Waals surface area contributed by atoms with E-state index in [9.17, 15) is 4.79 Å². The van der Waals surface area contributed by atoms with Gasteiger partial charge in [-0.2, -0.15) is 0 Å². The number of nitrogens with two attached hydrogens (primary N) is 1. The van der Waals surface area contributed by atoms with Crippen LogP contribution in [0, 0.1) is 0 Å². The van der Waals surface area contributed by atoms with E-state index in [1.165, 1.54) is 5.56 Å². The van der Waals surface area contributed by atoms with Gasteiger partial charge in [-0.3, -0.25) is 4.79 Å². The Morgan fingerprint density at radius 1 is 1.04 bits per heavy atom. The number of rotatable bonds is 5. The van der Waals surface area contributed by atoms with E-state index in [2.05, 4.69) is 29.7 Å². The second-order valence-electron chi connectivity index (χ2n) is 6.84. The quantitative estimate of drug-likeness (QED) is 0.488. The molecule has 0 saturated carbocycles. The number of halogens is 1. The van der Waals surface area contributed by atoms with Crippen molar-refractivity contribution >= 4 is 39.3 Å². The number of nitrogens with zero attached hydrogens (tertiary/aromatic N) is 1. The molecule has 4 aromatic rings. The van der Waals surface area contributed by atoms with Crippen molar-refractivity contribution in [2.24, 2.45) is 5.73 Å². The first-order valence-corrected chi connectivity index (χ1v) is 9.55. The van der Waals surface area contributed by atoms with Crippen molar-refractivity contribution in [3.8, 4) is 0 Å². The van der Waals surface area contributed by atoms with Gasteiger partial charge in [0.15, 0.2) is 0 Å². The molecule has 1 heterocycles. The van der Waals surface area contributed by atoms with Gasteiger partial charge in [0.1, 0.15) is 0 Å². The monoisotopic (exact) mass is 376 g/mol. The zero-order valence-electron chi connectivity index (χ0n) is 15.2. The van der Waals surface area contributed by atoms with Crippen LogP contribution in [0.2, 0.25) is 5.02 Å².